The molecule has 31 heavy (non-hydrogen) atoms. The number of thioether (sulfide) groups is 1. The number of ether oxygens (including phenoxy) is 2. The summed E-state index contributed by atoms with van der Waals surface area (Å²) in [5, 5.41) is 12.9. The molecule has 3 aromatic rings. The van der Waals surface area contributed by atoms with Gasteiger partial charge in [-0.2, -0.15) is 0 Å². The summed E-state index contributed by atoms with van der Waals surface area (Å²) in [5.74, 6) is 2.34. The zero-order valence-corrected chi connectivity index (χ0v) is 19.3. The molecule has 0 bridgehead atoms. The normalized spacial score (nSPS) is 10.7. The molecule has 0 aliphatic rings. The number of halogens is 1. The van der Waals surface area contributed by atoms with Gasteiger partial charge in [-0.05, 0) is 55.3 Å². The van der Waals surface area contributed by atoms with Gasteiger partial charge in [0.05, 0.1) is 20.0 Å². The van der Waals surface area contributed by atoms with Gasteiger partial charge in [-0.25, -0.2) is 0 Å². The first-order valence-electron chi connectivity index (χ1n) is 9.85. The molecule has 3 rings (SSSR count). The van der Waals surface area contributed by atoms with Crippen LogP contribution in [0, 0.1) is 0 Å². The lowest BCUT2D eigenvalue weighted by Gasteiger charge is -2.10. The Morgan fingerprint density at radius 1 is 1.10 bits per heavy atom. The van der Waals surface area contributed by atoms with Crippen LogP contribution in [0.1, 0.15) is 12.5 Å². The van der Waals surface area contributed by atoms with Crippen molar-refractivity contribution < 1.29 is 14.3 Å². The lowest BCUT2D eigenvalue weighted by molar-refractivity contribution is -0.118. The first-order valence-corrected chi connectivity index (χ1v) is 11.2. The monoisotopic (exact) mass is 460 g/mol. The van der Waals surface area contributed by atoms with Crippen LogP contribution in [-0.4, -0.2) is 47.2 Å². The van der Waals surface area contributed by atoms with Crippen molar-refractivity contribution in [3.05, 3.63) is 53.1 Å². The molecule has 0 aliphatic heterocycles. The van der Waals surface area contributed by atoms with E-state index in [1.54, 1.807) is 14.2 Å². The van der Waals surface area contributed by atoms with Gasteiger partial charge in [0.2, 0.25) is 5.91 Å². The molecule has 2 aromatic carbocycles. The fourth-order valence-corrected chi connectivity index (χ4v) is 4.01. The van der Waals surface area contributed by atoms with E-state index in [2.05, 4.69) is 15.5 Å². The summed E-state index contributed by atoms with van der Waals surface area (Å²) in [6.07, 6.45) is 0.697. The third kappa shape index (κ3) is 5.92. The van der Waals surface area contributed by atoms with E-state index in [0.717, 1.165) is 17.0 Å². The number of hydrogen-bond acceptors (Lipinski definition) is 6. The van der Waals surface area contributed by atoms with E-state index in [-0.39, 0.29) is 11.7 Å². The van der Waals surface area contributed by atoms with E-state index in [1.165, 1.54) is 11.8 Å². The minimum absolute atomic E-state index is 0.0517. The van der Waals surface area contributed by atoms with Crippen LogP contribution >= 0.6 is 23.4 Å². The summed E-state index contributed by atoms with van der Waals surface area (Å²) in [4.78, 5) is 12.3. The van der Waals surface area contributed by atoms with E-state index in [4.69, 9.17) is 21.1 Å². The number of rotatable bonds is 10. The van der Waals surface area contributed by atoms with Crippen LogP contribution in [0.15, 0.2) is 47.6 Å². The van der Waals surface area contributed by atoms with Gasteiger partial charge in [0, 0.05) is 23.7 Å². The lowest BCUT2D eigenvalue weighted by atomic mass is 10.1. The number of benzene rings is 2. The van der Waals surface area contributed by atoms with Gasteiger partial charge in [0.15, 0.2) is 22.5 Å². The Morgan fingerprint density at radius 3 is 2.52 bits per heavy atom. The van der Waals surface area contributed by atoms with Gasteiger partial charge in [0.1, 0.15) is 0 Å². The van der Waals surface area contributed by atoms with Crippen LogP contribution in [0.5, 0.6) is 11.5 Å². The molecular weight excluding hydrogens is 436 g/mol. The summed E-state index contributed by atoms with van der Waals surface area (Å²) in [6, 6.07) is 13.2. The van der Waals surface area contributed by atoms with Crippen molar-refractivity contribution in [2.45, 2.75) is 25.0 Å². The third-order valence-corrected chi connectivity index (χ3v) is 5.87. The molecule has 0 aliphatic carbocycles. The Hall–Kier alpha value is -2.71. The van der Waals surface area contributed by atoms with Crippen molar-refractivity contribution in [1.82, 2.24) is 20.1 Å². The SMILES string of the molecule is CCn1c(SCC(=O)NCCc2ccc(OC)c(OC)c2)nnc1-c1ccc(Cl)cc1. The van der Waals surface area contributed by atoms with Crippen molar-refractivity contribution in [2.24, 2.45) is 0 Å². The number of carbonyl (C=O) groups excluding carboxylic acids is 1. The van der Waals surface area contributed by atoms with Gasteiger partial charge in [-0.1, -0.05) is 29.4 Å². The Bertz CT molecular complexity index is 1020. The first kappa shape index (κ1) is 23.0. The van der Waals surface area contributed by atoms with Gasteiger partial charge in [-0.15, -0.1) is 10.2 Å². The van der Waals surface area contributed by atoms with Crippen molar-refractivity contribution in [2.75, 3.05) is 26.5 Å². The number of carbonyl (C=O) groups is 1. The summed E-state index contributed by atoms with van der Waals surface area (Å²) in [5.41, 5.74) is 1.99. The molecule has 0 saturated carbocycles. The fourth-order valence-electron chi connectivity index (χ4n) is 3.06. The predicted molar refractivity (Wildman–Crippen MR) is 123 cm³/mol. The molecular formula is C22H25ClN4O3S. The molecule has 0 unspecified atom stereocenters. The predicted octanol–water partition coefficient (Wildman–Crippen LogP) is 4.09. The maximum absolute atomic E-state index is 12.3. The molecule has 1 aromatic heterocycles. The van der Waals surface area contributed by atoms with Gasteiger partial charge < -0.3 is 19.4 Å². The van der Waals surface area contributed by atoms with Crippen LogP contribution in [0.25, 0.3) is 11.4 Å². The van der Waals surface area contributed by atoms with E-state index in [1.807, 2.05) is 54.0 Å². The maximum atomic E-state index is 12.3. The molecule has 0 saturated heterocycles. The molecule has 0 fully saturated rings. The average molecular weight is 461 g/mol. The van der Waals surface area contributed by atoms with Crippen LogP contribution in [0.2, 0.25) is 5.02 Å². The second-order valence-corrected chi connectivity index (χ2v) is 8.01. The molecule has 1 heterocycles. The zero-order chi connectivity index (χ0) is 22.2. The molecule has 1 N–H and O–H groups in total. The molecule has 7 nitrogen and oxygen atoms in total. The number of aromatic nitrogens is 3. The molecule has 0 atom stereocenters. The summed E-state index contributed by atoms with van der Waals surface area (Å²) >= 11 is 7.34. The molecule has 0 spiro atoms. The highest BCUT2D eigenvalue weighted by atomic mass is 35.5. The van der Waals surface area contributed by atoms with Crippen LogP contribution in [-0.2, 0) is 17.8 Å². The highest BCUT2D eigenvalue weighted by Crippen LogP contribution is 2.28. The number of nitrogens with zero attached hydrogens (tertiary/aromatic N) is 3. The highest BCUT2D eigenvalue weighted by Gasteiger charge is 2.14. The van der Waals surface area contributed by atoms with Crippen LogP contribution < -0.4 is 14.8 Å². The Kier molecular flexibility index (Phi) is 8.20. The van der Waals surface area contributed by atoms with E-state index in [0.29, 0.717) is 41.2 Å². The van der Waals surface area contributed by atoms with Crippen LogP contribution in [0.4, 0.5) is 0 Å². The van der Waals surface area contributed by atoms with Crippen LogP contribution in [0.3, 0.4) is 0 Å². The van der Waals surface area contributed by atoms with Gasteiger partial charge >= 0.3 is 0 Å². The molecule has 1 amide bonds. The second-order valence-electron chi connectivity index (χ2n) is 6.64. The number of nitrogens with one attached hydrogen (secondary N) is 1. The number of methoxy groups -OCH3 is 2. The van der Waals surface area contributed by atoms with E-state index in [9.17, 15) is 4.79 Å². The minimum atomic E-state index is -0.0517. The van der Waals surface area contributed by atoms with Crippen molar-refractivity contribution in [3.8, 4) is 22.9 Å². The Labute approximate surface area is 191 Å². The van der Waals surface area contributed by atoms with Gasteiger partial charge in [-0.3, -0.25) is 4.79 Å². The van der Waals surface area contributed by atoms with Crippen molar-refractivity contribution in [1.29, 1.82) is 0 Å². The largest absolute Gasteiger partial charge is 0.493 e. The smallest absolute Gasteiger partial charge is 0.230 e. The minimum Gasteiger partial charge on any atom is -0.493 e. The molecule has 164 valence electrons. The average Bonchev–Trinajstić information content (AvgIpc) is 3.21. The zero-order valence-electron chi connectivity index (χ0n) is 17.7. The molecule has 9 heteroatoms. The lowest BCUT2D eigenvalue weighted by Crippen LogP contribution is -2.27. The third-order valence-electron chi connectivity index (χ3n) is 4.65. The maximum Gasteiger partial charge on any atom is 0.230 e. The summed E-state index contributed by atoms with van der Waals surface area (Å²) < 4.78 is 12.6. The van der Waals surface area contributed by atoms with Crippen molar-refractivity contribution in [3.63, 3.8) is 0 Å². The van der Waals surface area contributed by atoms with Crippen molar-refractivity contribution >= 4 is 29.3 Å². The quantitative estimate of drug-likeness (QED) is 0.459. The van der Waals surface area contributed by atoms with E-state index < -0.39 is 0 Å². The number of amides is 1. The topological polar surface area (TPSA) is 78.3 Å². The van der Waals surface area contributed by atoms with E-state index >= 15 is 0 Å². The highest BCUT2D eigenvalue weighted by molar-refractivity contribution is 7.99. The Morgan fingerprint density at radius 2 is 1.84 bits per heavy atom. The summed E-state index contributed by atoms with van der Waals surface area (Å²) in [6.45, 7) is 3.26. The standard InChI is InChI=1S/C22H25ClN4O3S/c1-4-27-21(16-6-8-17(23)9-7-16)25-26-22(27)31-14-20(28)24-12-11-15-5-10-18(29-2)19(13-15)30-3/h5-10,13H,4,11-12,14H2,1-3H3,(H,24,28). The van der Waals surface area contributed by atoms with Gasteiger partial charge in [0.25, 0.3) is 0 Å². The Balaban J connectivity index is 1.52. The number of hydrogen-bond donors (Lipinski definition) is 1. The summed E-state index contributed by atoms with van der Waals surface area (Å²) in [7, 11) is 3.21. The first-order chi connectivity index (χ1) is 15.0. The fraction of sp³-hybridized carbons (Fsp3) is 0.318. The second kappa shape index (κ2) is 11.1. The molecule has 0 radical (unpaired) electrons.